The monoisotopic (exact) mass is 292 g/mol. The van der Waals surface area contributed by atoms with Gasteiger partial charge in [0.05, 0.1) is 11.1 Å². The third-order valence-electron chi connectivity index (χ3n) is 3.56. The maximum Gasteiger partial charge on any atom is 0.148 e. The second-order valence-electron chi connectivity index (χ2n) is 5.04. The van der Waals surface area contributed by atoms with E-state index in [9.17, 15) is 9.50 Å². The SMILES string of the molecule is Cc1ccc2c(c1)[C@H](O)CC(c1cccc(Cl)c1F)O2. The van der Waals surface area contributed by atoms with Gasteiger partial charge in [-0.15, -0.1) is 0 Å². The molecule has 1 unspecified atom stereocenters. The first-order chi connectivity index (χ1) is 9.56. The number of halogens is 2. The summed E-state index contributed by atoms with van der Waals surface area (Å²) in [5.41, 5.74) is 2.19. The Bertz CT molecular complexity index is 657. The quantitative estimate of drug-likeness (QED) is 0.847. The Kier molecular flexibility index (Phi) is 3.40. The lowest BCUT2D eigenvalue weighted by Gasteiger charge is -2.30. The lowest BCUT2D eigenvalue weighted by molar-refractivity contribution is 0.0640. The fourth-order valence-electron chi connectivity index (χ4n) is 2.53. The highest BCUT2D eigenvalue weighted by Gasteiger charge is 2.30. The van der Waals surface area contributed by atoms with Crippen LogP contribution in [0.4, 0.5) is 4.39 Å². The zero-order chi connectivity index (χ0) is 14.3. The molecule has 2 nitrogen and oxygen atoms in total. The number of ether oxygens (including phenoxy) is 1. The number of aliphatic hydroxyl groups is 1. The minimum absolute atomic E-state index is 0.0651. The zero-order valence-electron chi connectivity index (χ0n) is 10.9. The Hall–Kier alpha value is -1.58. The lowest BCUT2D eigenvalue weighted by atomic mass is 9.94. The number of hydrogen-bond acceptors (Lipinski definition) is 2. The smallest absolute Gasteiger partial charge is 0.148 e. The van der Waals surface area contributed by atoms with Crippen LogP contribution in [0.3, 0.4) is 0 Å². The van der Waals surface area contributed by atoms with Crippen molar-refractivity contribution in [2.24, 2.45) is 0 Å². The summed E-state index contributed by atoms with van der Waals surface area (Å²) in [6.07, 6.45) is -0.880. The van der Waals surface area contributed by atoms with Crippen molar-refractivity contribution in [3.8, 4) is 5.75 Å². The Balaban J connectivity index is 1.99. The molecular formula is C16H14ClFO2. The van der Waals surface area contributed by atoms with Crippen molar-refractivity contribution in [2.75, 3.05) is 0 Å². The van der Waals surface area contributed by atoms with Crippen LogP contribution in [0, 0.1) is 12.7 Å². The van der Waals surface area contributed by atoms with Gasteiger partial charge in [0.15, 0.2) is 0 Å². The van der Waals surface area contributed by atoms with E-state index in [0.717, 1.165) is 11.1 Å². The summed E-state index contributed by atoms with van der Waals surface area (Å²) in [5, 5.41) is 10.3. The van der Waals surface area contributed by atoms with Crippen molar-refractivity contribution in [3.63, 3.8) is 0 Å². The number of rotatable bonds is 1. The molecule has 2 atom stereocenters. The molecular weight excluding hydrogens is 279 g/mol. The van der Waals surface area contributed by atoms with Gasteiger partial charge in [-0.05, 0) is 25.1 Å². The zero-order valence-corrected chi connectivity index (χ0v) is 11.7. The molecule has 0 radical (unpaired) electrons. The van der Waals surface area contributed by atoms with E-state index in [1.54, 1.807) is 12.1 Å². The van der Waals surface area contributed by atoms with Crippen LogP contribution in [0.1, 0.15) is 35.3 Å². The fraction of sp³-hybridized carbons (Fsp3) is 0.250. The molecule has 4 heteroatoms. The molecule has 0 saturated heterocycles. The van der Waals surface area contributed by atoms with Crippen molar-refractivity contribution in [3.05, 3.63) is 63.9 Å². The van der Waals surface area contributed by atoms with Crippen LogP contribution in [0.5, 0.6) is 5.75 Å². The fourth-order valence-corrected chi connectivity index (χ4v) is 2.71. The minimum Gasteiger partial charge on any atom is -0.485 e. The first kappa shape index (κ1) is 13.4. The summed E-state index contributed by atoms with van der Waals surface area (Å²) in [5.74, 6) is 0.112. The van der Waals surface area contributed by atoms with Crippen LogP contribution < -0.4 is 4.74 Å². The second kappa shape index (κ2) is 5.08. The summed E-state index contributed by atoms with van der Waals surface area (Å²) in [4.78, 5) is 0. The maximum atomic E-state index is 14.1. The van der Waals surface area contributed by atoms with Crippen LogP contribution in [0.2, 0.25) is 5.02 Å². The van der Waals surface area contributed by atoms with Gasteiger partial charge in [0.2, 0.25) is 0 Å². The molecule has 20 heavy (non-hydrogen) atoms. The third-order valence-corrected chi connectivity index (χ3v) is 3.85. The normalized spacial score (nSPS) is 21.2. The summed E-state index contributed by atoms with van der Waals surface area (Å²) < 4.78 is 19.9. The molecule has 0 fully saturated rings. The Morgan fingerprint density at radius 3 is 2.85 bits per heavy atom. The molecule has 1 heterocycles. The highest BCUT2D eigenvalue weighted by atomic mass is 35.5. The van der Waals surface area contributed by atoms with Crippen molar-refractivity contribution in [2.45, 2.75) is 25.6 Å². The molecule has 1 N–H and O–H groups in total. The number of aliphatic hydroxyl groups excluding tert-OH is 1. The Morgan fingerprint density at radius 2 is 2.05 bits per heavy atom. The van der Waals surface area contributed by atoms with Crippen molar-refractivity contribution in [1.29, 1.82) is 0 Å². The van der Waals surface area contributed by atoms with E-state index >= 15 is 0 Å². The second-order valence-corrected chi connectivity index (χ2v) is 5.45. The van der Waals surface area contributed by atoms with Gasteiger partial charge < -0.3 is 9.84 Å². The Labute approximate surface area is 121 Å². The molecule has 2 aromatic carbocycles. The summed E-state index contributed by atoms with van der Waals surface area (Å²) in [6, 6.07) is 10.4. The van der Waals surface area contributed by atoms with Crippen LogP contribution >= 0.6 is 11.6 Å². The maximum absolute atomic E-state index is 14.1. The molecule has 1 aliphatic rings. The first-order valence-electron chi connectivity index (χ1n) is 6.45. The van der Waals surface area contributed by atoms with Gasteiger partial charge in [-0.2, -0.15) is 0 Å². The molecule has 2 aromatic rings. The summed E-state index contributed by atoms with van der Waals surface area (Å²) in [6.45, 7) is 1.95. The van der Waals surface area contributed by atoms with Crippen LogP contribution in [-0.2, 0) is 0 Å². The highest BCUT2D eigenvalue weighted by molar-refractivity contribution is 6.30. The van der Waals surface area contributed by atoms with Gasteiger partial charge in [-0.25, -0.2) is 4.39 Å². The molecule has 0 spiro atoms. The molecule has 3 rings (SSSR count). The lowest BCUT2D eigenvalue weighted by Crippen LogP contribution is -2.20. The predicted molar refractivity (Wildman–Crippen MR) is 75.5 cm³/mol. The number of hydrogen-bond donors (Lipinski definition) is 1. The molecule has 104 valence electrons. The number of aryl methyl sites for hydroxylation is 1. The van der Waals surface area contributed by atoms with Gasteiger partial charge in [0.25, 0.3) is 0 Å². The van der Waals surface area contributed by atoms with Crippen LogP contribution in [0.25, 0.3) is 0 Å². The third kappa shape index (κ3) is 2.28. The molecule has 1 aliphatic heterocycles. The highest BCUT2D eigenvalue weighted by Crippen LogP contribution is 2.42. The minimum atomic E-state index is -0.665. The van der Waals surface area contributed by atoms with Crippen molar-refractivity contribution in [1.82, 2.24) is 0 Å². The average Bonchev–Trinajstić information content (AvgIpc) is 2.42. The van der Waals surface area contributed by atoms with Gasteiger partial charge in [-0.3, -0.25) is 0 Å². The van der Waals surface area contributed by atoms with E-state index < -0.39 is 18.0 Å². The molecule has 0 amide bonds. The Morgan fingerprint density at radius 1 is 1.25 bits per heavy atom. The van der Waals surface area contributed by atoms with E-state index in [1.807, 2.05) is 25.1 Å². The van der Waals surface area contributed by atoms with Gasteiger partial charge in [0, 0.05) is 17.5 Å². The van der Waals surface area contributed by atoms with Gasteiger partial charge in [0.1, 0.15) is 17.7 Å². The average molecular weight is 293 g/mol. The van der Waals surface area contributed by atoms with Crippen LogP contribution in [-0.4, -0.2) is 5.11 Å². The van der Waals surface area contributed by atoms with Gasteiger partial charge >= 0.3 is 0 Å². The predicted octanol–water partition coefficient (Wildman–Crippen LogP) is 4.34. The van der Waals surface area contributed by atoms with E-state index in [1.165, 1.54) is 6.07 Å². The molecule has 0 aromatic heterocycles. The largest absolute Gasteiger partial charge is 0.485 e. The van der Waals surface area contributed by atoms with E-state index in [2.05, 4.69) is 0 Å². The van der Waals surface area contributed by atoms with Gasteiger partial charge in [-0.1, -0.05) is 35.4 Å². The molecule has 0 aliphatic carbocycles. The first-order valence-corrected chi connectivity index (χ1v) is 6.83. The van der Waals surface area contributed by atoms with Crippen molar-refractivity contribution >= 4 is 11.6 Å². The van der Waals surface area contributed by atoms with Crippen LogP contribution in [0.15, 0.2) is 36.4 Å². The van der Waals surface area contributed by atoms with Crippen molar-refractivity contribution < 1.29 is 14.2 Å². The van der Waals surface area contributed by atoms with E-state index in [4.69, 9.17) is 16.3 Å². The number of benzene rings is 2. The summed E-state index contributed by atoms with van der Waals surface area (Å²) >= 11 is 5.80. The van der Waals surface area contributed by atoms with E-state index in [-0.39, 0.29) is 5.02 Å². The standard InChI is InChI=1S/C16H14ClFO2/c1-9-5-6-14-11(7-9)13(19)8-15(20-14)10-3-2-4-12(17)16(10)18/h2-7,13,15,19H,8H2,1H3/t13-,15?/m1/s1. The topological polar surface area (TPSA) is 29.5 Å². The molecule has 0 saturated carbocycles. The molecule has 0 bridgehead atoms. The summed E-state index contributed by atoms with van der Waals surface area (Å²) in [7, 11) is 0. The van der Waals surface area contributed by atoms with E-state index in [0.29, 0.717) is 17.7 Å². The number of fused-ring (bicyclic) bond motifs is 1.